The summed E-state index contributed by atoms with van der Waals surface area (Å²) in [7, 11) is -2.16. The van der Waals surface area contributed by atoms with Crippen molar-refractivity contribution in [2.24, 2.45) is 0 Å². The first-order valence-corrected chi connectivity index (χ1v) is 8.64. The zero-order valence-corrected chi connectivity index (χ0v) is 14.3. The summed E-state index contributed by atoms with van der Waals surface area (Å²) in [6.45, 7) is 9.84. The Morgan fingerprint density at radius 1 is 1.30 bits per heavy atom. The number of hydrogen-bond donors (Lipinski definition) is 2. The Kier molecular flexibility index (Phi) is 6.99. The smallest absolute Gasteiger partial charge is 0.318 e. The molecule has 126 valence electrons. The molecule has 0 bridgehead atoms. The molecule has 23 heavy (non-hydrogen) atoms. The lowest BCUT2D eigenvalue weighted by Crippen LogP contribution is -2.41. The van der Waals surface area contributed by atoms with E-state index in [4.69, 9.17) is 0 Å². The van der Waals surface area contributed by atoms with E-state index < -0.39 is 10.0 Å². The summed E-state index contributed by atoms with van der Waals surface area (Å²) in [5.41, 5.74) is 0.701. The number of amides is 2. The highest BCUT2D eigenvalue weighted by atomic mass is 32.2. The number of hydrogen-bond acceptors (Lipinski definition) is 3. The molecule has 1 aromatic rings. The first-order chi connectivity index (χ1) is 10.9. The maximum Gasteiger partial charge on any atom is 0.318 e. The number of nitrogens with one attached hydrogen (secondary N) is 2. The van der Waals surface area contributed by atoms with E-state index in [1.54, 1.807) is 42.2 Å². The highest BCUT2D eigenvalue weighted by Gasteiger charge is 2.17. The lowest BCUT2D eigenvalue weighted by Gasteiger charge is -2.23. The van der Waals surface area contributed by atoms with Crippen LogP contribution in [0.4, 0.5) is 4.79 Å². The molecule has 2 N–H and O–H groups in total. The molecule has 1 atom stereocenters. The second-order valence-electron chi connectivity index (χ2n) is 4.93. The molecule has 0 aliphatic rings. The van der Waals surface area contributed by atoms with Crippen molar-refractivity contribution < 1.29 is 13.2 Å². The number of sulfonamides is 1. The second kappa shape index (κ2) is 8.50. The van der Waals surface area contributed by atoms with E-state index in [1.807, 2.05) is 0 Å². The molecule has 0 aliphatic heterocycles. The van der Waals surface area contributed by atoms with Crippen LogP contribution in [0.25, 0.3) is 0 Å². The van der Waals surface area contributed by atoms with E-state index in [1.165, 1.54) is 13.1 Å². The summed E-state index contributed by atoms with van der Waals surface area (Å²) < 4.78 is 26.0. The molecule has 2 amide bonds. The van der Waals surface area contributed by atoms with E-state index >= 15 is 0 Å². The lowest BCUT2D eigenvalue weighted by atomic mass is 10.1. The van der Waals surface area contributed by atoms with Crippen LogP contribution in [0.5, 0.6) is 0 Å². The van der Waals surface area contributed by atoms with Crippen LogP contribution >= 0.6 is 0 Å². The Labute approximate surface area is 137 Å². The van der Waals surface area contributed by atoms with Gasteiger partial charge in [-0.3, -0.25) is 0 Å². The molecule has 0 saturated carbocycles. The molecule has 1 rings (SSSR count). The Hall–Kier alpha value is -2.12. The van der Waals surface area contributed by atoms with Crippen LogP contribution in [0.15, 0.2) is 54.5 Å². The Morgan fingerprint density at radius 2 is 1.91 bits per heavy atom. The summed E-state index contributed by atoms with van der Waals surface area (Å²) >= 11 is 0. The van der Waals surface area contributed by atoms with Crippen LogP contribution in [0.1, 0.15) is 18.5 Å². The number of benzene rings is 1. The van der Waals surface area contributed by atoms with Gasteiger partial charge in [-0.25, -0.2) is 17.9 Å². The van der Waals surface area contributed by atoms with Crippen molar-refractivity contribution in [2.45, 2.75) is 17.9 Å². The average Bonchev–Trinajstić information content (AvgIpc) is 2.54. The topological polar surface area (TPSA) is 78.5 Å². The van der Waals surface area contributed by atoms with Gasteiger partial charge in [0.1, 0.15) is 0 Å². The number of rotatable bonds is 8. The predicted molar refractivity (Wildman–Crippen MR) is 91.6 cm³/mol. The van der Waals surface area contributed by atoms with Crippen LogP contribution in [0.2, 0.25) is 0 Å². The molecule has 1 aromatic carbocycles. The molecule has 7 heteroatoms. The first kappa shape index (κ1) is 18.9. The first-order valence-electron chi connectivity index (χ1n) is 7.16. The average molecular weight is 337 g/mol. The van der Waals surface area contributed by atoms with Crippen LogP contribution in [-0.4, -0.2) is 39.5 Å². The minimum atomic E-state index is -3.52. The van der Waals surface area contributed by atoms with Gasteiger partial charge in [0.15, 0.2) is 0 Å². The summed E-state index contributed by atoms with van der Waals surface area (Å²) in [6.07, 6.45) is 3.27. The molecule has 0 fully saturated rings. The molecule has 0 aromatic heterocycles. The Bertz CT molecular complexity index is 661. The summed E-state index contributed by atoms with van der Waals surface area (Å²) in [5.74, 6) is 0. The van der Waals surface area contributed by atoms with Gasteiger partial charge in [-0.15, -0.1) is 13.2 Å². The number of urea groups is 1. The second-order valence-corrected chi connectivity index (χ2v) is 6.82. The minimum absolute atomic E-state index is 0.160. The van der Waals surface area contributed by atoms with Crippen molar-refractivity contribution in [3.8, 4) is 0 Å². The molecule has 0 heterocycles. The molecular formula is C16H23N3O3S. The molecule has 0 radical (unpaired) electrons. The van der Waals surface area contributed by atoms with Gasteiger partial charge < -0.3 is 10.2 Å². The van der Waals surface area contributed by atoms with E-state index in [-0.39, 0.29) is 17.0 Å². The van der Waals surface area contributed by atoms with Crippen LogP contribution in [0.3, 0.4) is 0 Å². The zero-order valence-electron chi connectivity index (χ0n) is 13.5. The standard InChI is InChI=1S/C16H23N3O3S/c1-5-10-19(11-6-2)16(20)18-13(3)14-8-7-9-15(12-14)23(21,22)17-4/h5-9,12-13,17H,1-2,10-11H2,3-4H3,(H,18,20). The van der Waals surface area contributed by atoms with Crippen LogP contribution < -0.4 is 10.0 Å². The van der Waals surface area contributed by atoms with Crippen molar-refractivity contribution in [1.29, 1.82) is 0 Å². The van der Waals surface area contributed by atoms with Gasteiger partial charge in [0.25, 0.3) is 0 Å². The highest BCUT2D eigenvalue weighted by Crippen LogP contribution is 2.17. The van der Waals surface area contributed by atoms with Crippen molar-refractivity contribution in [1.82, 2.24) is 14.9 Å². The fourth-order valence-corrected chi connectivity index (χ4v) is 2.77. The fraction of sp³-hybridized carbons (Fsp3) is 0.312. The maximum atomic E-state index is 12.2. The molecular weight excluding hydrogens is 314 g/mol. The van der Waals surface area contributed by atoms with Crippen molar-refractivity contribution >= 4 is 16.1 Å². The van der Waals surface area contributed by atoms with Gasteiger partial charge >= 0.3 is 6.03 Å². The molecule has 6 nitrogen and oxygen atoms in total. The summed E-state index contributed by atoms with van der Waals surface area (Å²) in [6, 6.07) is 5.86. The van der Waals surface area contributed by atoms with E-state index in [9.17, 15) is 13.2 Å². The van der Waals surface area contributed by atoms with Crippen LogP contribution in [0, 0.1) is 0 Å². The van der Waals surface area contributed by atoms with Gasteiger partial charge in [0.05, 0.1) is 10.9 Å². The number of carbonyl (C=O) groups is 1. The summed E-state index contributed by atoms with van der Waals surface area (Å²) in [5, 5.41) is 2.84. The third kappa shape index (κ3) is 5.22. The van der Waals surface area contributed by atoms with E-state index in [0.717, 1.165) is 0 Å². The van der Waals surface area contributed by atoms with Crippen molar-refractivity contribution in [2.75, 3.05) is 20.1 Å². The van der Waals surface area contributed by atoms with E-state index in [2.05, 4.69) is 23.2 Å². The lowest BCUT2D eigenvalue weighted by molar-refractivity contribution is 0.205. The van der Waals surface area contributed by atoms with Gasteiger partial charge in [0.2, 0.25) is 10.0 Å². The largest absolute Gasteiger partial charge is 0.331 e. The van der Waals surface area contributed by atoms with Gasteiger partial charge in [-0.05, 0) is 31.7 Å². The van der Waals surface area contributed by atoms with Crippen LogP contribution in [-0.2, 0) is 10.0 Å². The fourth-order valence-electron chi connectivity index (χ4n) is 1.98. The number of carbonyl (C=O) groups excluding carboxylic acids is 1. The van der Waals surface area contributed by atoms with Gasteiger partial charge in [0, 0.05) is 13.1 Å². The van der Waals surface area contributed by atoms with Gasteiger partial charge in [-0.1, -0.05) is 24.3 Å². The predicted octanol–water partition coefficient (Wildman–Crippen LogP) is 2.04. The van der Waals surface area contributed by atoms with Gasteiger partial charge in [-0.2, -0.15) is 0 Å². The monoisotopic (exact) mass is 337 g/mol. The normalized spacial score (nSPS) is 12.3. The molecule has 1 unspecified atom stereocenters. The van der Waals surface area contributed by atoms with E-state index in [0.29, 0.717) is 18.7 Å². The third-order valence-corrected chi connectivity index (χ3v) is 4.68. The zero-order chi connectivity index (χ0) is 17.5. The number of nitrogens with zero attached hydrogens (tertiary/aromatic N) is 1. The minimum Gasteiger partial charge on any atom is -0.331 e. The summed E-state index contributed by atoms with van der Waals surface area (Å²) in [4.78, 5) is 13.9. The van der Waals surface area contributed by atoms with Crippen molar-refractivity contribution in [3.63, 3.8) is 0 Å². The molecule has 0 saturated heterocycles. The Balaban J connectivity index is 2.91. The maximum absolute atomic E-state index is 12.2. The molecule has 0 spiro atoms. The molecule has 0 aliphatic carbocycles. The Morgan fingerprint density at radius 3 is 2.43 bits per heavy atom. The quantitative estimate of drug-likeness (QED) is 0.713. The SMILES string of the molecule is C=CCN(CC=C)C(=O)NC(C)c1cccc(S(=O)(=O)NC)c1. The third-order valence-electron chi connectivity index (χ3n) is 3.26. The highest BCUT2D eigenvalue weighted by molar-refractivity contribution is 7.89. The van der Waals surface area contributed by atoms with Crippen molar-refractivity contribution in [3.05, 3.63) is 55.1 Å².